The van der Waals surface area contributed by atoms with Gasteiger partial charge in [0.2, 0.25) is 10.0 Å². The van der Waals surface area contributed by atoms with Crippen molar-refractivity contribution in [2.75, 3.05) is 30.8 Å². The number of para-hydroxylation sites is 1. The van der Waals surface area contributed by atoms with Crippen molar-refractivity contribution < 1.29 is 13.2 Å². The molecule has 1 saturated heterocycles. The normalized spacial score (nSPS) is 20.1. The fourth-order valence-corrected chi connectivity index (χ4v) is 4.20. The summed E-state index contributed by atoms with van der Waals surface area (Å²) in [7, 11) is -3.13. The van der Waals surface area contributed by atoms with E-state index in [1.165, 1.54) is 16.1 Å². The maximum atomic E-state index is 12.6. The number of nitrogens with one attached hydrogen (secondary N) is 1. The summed E-state index contributed by atoms with van der Waals surface area (Å²) in [6, 6.07) is 7.97. The second-order valence-electron chi connectivity index (χ2n) is 6.27. The summed E-state index contributed by atoms with van der Waals surface area (Å²) in [6.45, 7) is 1.67. The molecule has 2 heterocycles. The number of piperidine rings is 1. The van der Waals surface area contributed by atoms with Crippen LogP contribution < -0.4 is 10.2 Å². The molecule has 0 saturated carbocycles. The van der Waals surface area contributed by atoms with Gasteiger partial charge in [-0.15, -0.1) is 0 Å². The molecule has 2 amide bonds. The fraction of sp³-hybridized carbons (Fsp3) is 0.562. The minimum absolute atomic E-state index is 0.0367. The average molecular weight is 337 g/mol. The molecule has 0 bridgehead atoms. The van der Waals surface area contributed by atoms with Crippen LogP contribution in [0.4, 0.5) is 10.5 Å². The van der Waals surface area contributed by atoms with Crippen LogP contribution in [0.25, 0.3) is 0 Å². The van der Waals surface area contributed by atoms with Crippen molar-refractivity contribution in [3.05, 3.63) is 29.8 Å². The van der Waals surface area contributed by atoms with Gasteiger partial charge in [0.25, 0.3) is 0 Å². The van der Waals surface area contributed by atoms with Crippen molar-refractivity contribution in [2.45, 2.75) is 31.7 Å². The van der Waals surface area contributed by atoms with Gasteiger partial charge in [-0.3, -0.25) is 4.90 Å². The Morgan fingerprint density at radius 2 is 1.87 bits per heavy atom. The minimum Gasteiger partial charge on any atom is -0.335 e. The molecule has 0 aliphatic carbocycles. The largest absolute Gasteiger partial charge is 0.335 e. The number of amides is 2. The molecule has 1 N–H and O–H groups in total. The van der Waals surface area contributed by atoms with E-state index in [1.54, 1.807) is 0 Å². The van der Waals surface area contributed by atoms with Gasteiger partial charge < -0.3 is 5.32 Å². The molecule has 126 valence electrons. The van der Waals surface area contributed by atoms with Gasteiger partial charge in [-0.25, -0.2) is 17.5 Å². The molecule has 1 aromatic carbocycles. The molecule has 2 aliphatic heterocycles. The lowest BCUT2D eigenvalue weighted by atomic mass is 10.0. The van der Waals surface area contributed by atoms with Crippen molar-refractivity contribution in [3.63, 3.8) is 0 Å². The zero-order valence-corrected chi connectivity index (χ0v) is 14.2. The van der Waals surface area contributed by atoms with E-state index in [-0.39, 0.29) is 12.1 Å². The third-order valence-corrected chi connectivity index (χ3v) is 5.91. The molecule has 0 radical (unpaired) electrons. The molecule has 0 aromatic heterocycles. The first-order chi connectivity index (χ1) is 10.9. The number of anilines is 1. The lowest BCUT2D eigenvalue weighted by Gasteiger charge is -2.34. The van der Waals surface area contributed by atoms with Crippen LogP contribution >= 0.6 is 0 Å². The molecule has 3 rings (SSSR count). The summed E-state index contributed by atoms with van der Waals surface area (Å²) in [4.78, 5) is 14.4. The number of rotatable bonds is 2. The minimum atomic E-state index is -3.13. The quantitative estimate of drug-likeness (QED) is 0.891. The first-order valence-electron chi connectivity index (χ1n) is 8.06. The van der Waals surface area contributed by atoms with E-state index < -0.39 is 10.0 Å². The second-order valence-corrected chi connectivity index (χ2v) is 8.25. The van der Waals surface area contributed by atoms with Gasteiger partial charge >= 0.3 is 6.03 Å². The molecule has 0 atom stereocenters. The van der Waals surface area contributed by atoms with Crippen molar-refractivity contribution in [3.8, 4) is 0 Å². The molecule has 0 unspecified atom stereocenters. The zero-order chi connectivity index (χ0) is 16.4. The molecule has 6 nitrogen and oxygen atoms in total. The summed E-state index contributed by atoms with van der Waals surface area (Å²) in [6.07, 6.45) is 4.53. The molecule has 0 spiro atoms. The summed E-state index contributed by atoms with van der Waals surface area (Å²) < 4.78 is 24.5. The van der Waals surface area contributed by atoms with E-state index in [1.807, 2.05) is 23.1 Å². The number of nitrogens with zero attached hydrogens (tertiary/aromatic N) is 2. The highest BCUT2D eigenvalue weighted by molar-refractivity contribution is 7.88. The summed E-state index contributed by atoms with van der Waals surface area (Å²) in [5, 5.41) is 3.07. The lowest BCUT2D eigenvalue weighted by molar-refractivity contribution is 0.232. The van der Waals surface area contributed by atoms with Gasteiger partial charge in [-0.2, -0.15) is 0 Å². The Bertz CT molecular complexity index is 682. The molecule has 2 aliphatic rings. The van der Waals surface area contributed by atoms with Gasteiger partial charge in [-0.1, -0.05) is 18.2 Å². The number of carbonyl (C=O) groups excluding carboxylic acids is 1. The Morgan fingerprint density at radius 3 is 2.57 bits per heavy atom. The molecule has 7 heteroatoms. The number of hydrogen-bond acceptors (Lipinski definition) is 3. The van der Waals surface area contributed by atoms with Crippen LogP contribution in [-0.2, 0) is 16.4 Å². The van der Waals surface area contributed by atoms with Crippen LogP contribution in [0.1, 0.15) is 24.8 Å². The number of hydrogen-bond donors (Lipinski definition) is 1. The van der Waals surface area contributed by atoms with Gasteiger partial charge in [0.1, 0.15) is 0 Å². The van der Waals surface area contributed by atoms with Gasteiger partial charge in [-0.05, 0) is 37.3 Å². The van der Waals surface area contributed by atoms with Gasteiger partial charge in [0.15, 0.2) is 0 Å². The summed E-state index contributed by atoms with van der Waals surface area (Å²) in [5.41, 5.74) is 2.20. The Labute approximate surface area is 137 Å². The van der Waals surface area contributed by atoms with E-state index >= 15 is 0 Å². The first kappa shape index (κ1) is 16.3. The van der Waals surface area contributed by atoms with E-state index in [0.717, 1.165) is 25.1 Å². The molecular formula is C16H23N3O3S. The van der Waals surface area contributed by atoms with Crippen molar-refractivity contribution in [2.24, 2.45) is 0 Å². The molecule has 23 heavy (non-hydrogen) atoms. The van der Waals surface area contributed by atoms with Crippen LogP contribution in [-0.4, -0.2) is 50.7 Å². The average Bonchev–Trinajstić information content (AvgIpc) is 2.54. The topological polar surface area (TPSA) is 69.7 Å². The lowest BCUT2D eigenvalue weighted by Crippen LogP contribution is -2.51. The highest BCUT2D eigenvalue weighted by atomic mass is 32.2. The smallest absolute Gasteiger partial charge is 0.322 e. The third kappa shape index (κ3) is 3.67. The maximum absolute atomic E-state index is 12.6. The van der Waals surface area contributed by atoms with E-state index in [4.69, 9.17) is 0 Å². The Kier molecular flexibility index (Phi) is 4.59. The van der Waals surface area contributed by atoms with Crippen LogP contribution in [0.2, 0.25) is 0 Å². The van der Waals surface area contributed by atoms with Gasteiger partial charge in [0.05, 0.1) is 6.26 Å². The summed E-state index contributed by atoms with van der Waals surface area (Å²) in [5.74, 6) is 0. The fourth-order valence-electron chi connectivity index (χ4n) is 3.33. The number of aryl methyl sites for hydroxylation is 1. The van der Waals surface area contributed by atoms with Crippen LogP contribution in [0, 0.1) is 0 Å². The Morgan fingerprint density at radius 1 is 1.17 bits per heavy atom. The predicted molar refractivity (Wildman–Crippen MR) is 90.1 cm³/mol. The predicted octanol–water partition coefficient (Wildman–Crippen LogP) is 1.57. The van der Waals surface area contributed by atoms with Crippen LogP contribution in [0.3, 0.4) is 0 Å². The van der Waals surface area contributed by atoms with Crippen LogP contribution in [0.15, 0.2) is 24.3 Å². The number of benzene rings is 1. The molecule has 1 fully saturated rings. The number of carbonyl (C=O) groups is 1. The maximum Gasteiger partial charge on any atom is 0.322 e. The summed E-state index contributed by atoms with van der Waals surface area (Å²) >= 11 is 0. The molecule has 1 aromatic rings. The molecular weight excluding hydrogens is 314 g/mol. The van der Waals surface area contributed by atoms with Crippen LogP contribution in [0.5, 0.6) is 0 Å². The number of urea groups is 1. The third-order valence-electron chi connectivity index (χ3n) is 4.61. The van der Waals surface area contributed by atoms with E-state index in [2.05, 4.69) is 11.4 Å². The van der Waals surface area contributed by atoms with Gasteiger partial charge in [0, 0.05) is 31.4 Å². The monoisotopic (exact) mass is 337 g/mol. The number of sulfonamides is 1. The van der Waals surface area contributed by atoms with Crippen molar-refractivity contribution in [1.29, 1.82) is 0 Å². The number of fused-ring (bicyclic) bond motifs is 1. The van der Waals surface area contributed by atoms with Crippen molar-refractivity contribution in [1.82, 2.24) is 9.62 Å². The SMILES string of the molecule is CS(=O)(=O)N1CCC(NC(=O)N2CCCc3ccccc32)CC1. The van der Waals surface area contributed by atoms with E-state index in [0.29, 0.717) is 25.9 Å². The Balaban J connectivity index is 1.61. The van der Waals surface area contributed by atoms with E-state index in [9.17, 15) is 13.2 Å². The second kappa shape index (κ2) is 6.49. The zero-order valence-electron chi connectivity index (χ0n) is 13.4. The highest BCUT2D eigenvalue weighted by Gasteiger charge is 2.28. The Hall–Kier alpha value is -1.60. The standard InChI is InChI=1S/C16H23N3O3S/c1-23(21,22)18-11-8-14(9-12-18)17-16(20)19-10-4-6-13-5-2-3-7-15(13)19/h2-3,5,7,14H,4,6,8-12H2,1H3,(H,17,20). The van der Waals surface area contributed by atoms with Crippen molar-refractivity contribution >= 4 is 21.7 Å². The highest BCUT2D eigenvalue weighted by Crippen LogP contribution is 2.27. The first-order valence-corrected chi connectivity index (χ1v) is 9.91.